The lowest BCUT2D eigenvalue weighted by Crippen LogP contribution is -2.45. The summed E-state index contributed by atoms with van der Waals surface area (Å²) in [7, 11) is 0. The number of likely N-dealkylation sites (tertiary alicyclic amines) is 1. The average Bonchev–Trinajstić information content (AvgIpc) is 3.59. The fourth-order valence-corrected chi connectivity index (χ4v) is 6.02. The minimum atomic E-state index is -0.528. The zero-order valence-electron chi connectivity index (χ0n) is 22.8. The molecular weight excluding hydrogens is 527 g/mol. The van der Waals surface area contributed by atoms with Crippen LogP contribution in [0, 0.1) is 5.82 Å². The van der Waals surface area contributed by atoms with Crippen LogP contribution in [0.25, 0.3) is 27.7 Å². The molecule has 1 fully saturated rings. The van der Waals surface area contributed by atoms with Gasteiger partial charge < -0.3 is 19.5 Å². The van der Waals surface area contributed by atoms with Gasteiger partial charge in [-0.15, -0.1) is 0 Å². The SMILES string of the molecule is CCO.O=C1NC(=O)C(c2cnc3ccccn23)=C1c1cn2c3c(cc(F)cc13)CN(C(=O)N1CCCCC1)CC2. The number of rotatable bonds is 2. The number of piperidine rings is 1. The smallest absolute Gasteiger partial charge is 0.320 e. The molecule has 3 aromatic heterocycles. The molecule has 0 saturated carbocycles. The van der Waals surface area contributed by atoms with Gasteiger partial charge in [-0.25, -0.2) is 14.2 Å². The summed E-state index contributed by atoms with van der Waals surface area (Å²) in [6.45, 7) is 4.64. The first kappa shape index (κ1) is 26.7. The molecule has 3 aliphatic rings. The van der Waals surface area contributed by atoms with Crippen molar-refractivity contribution in [2.24, 2.45) is 0 Å². The fraction of sp³-hybridized carbons (Fsp3) is 0.333. The number of nitrogens with zero attached hydrogens (tertiary/aromatic N) is 5. The van der Waals surface area contributed by atoms with E-state index in [1.165, 1.54) is 12.1 Å². The second-order valence-corrected chi connectivity index (χ2v) is 10.4. The number of fused-ring (bicyclic) bond motifs is 1. The molecule has 0 unspecified atom stereocenters. The minimum absolute atomic E-state index is 0.0218. The molecule has 0 aliphatic carbocycles. The molecule has 41 heavy (non-hydrogen) atoms. The Balaban J connectivity index is 0.000000967. The van der Waals surface area contributed by atoms with Crippen LogP contribution in [0.1, 0.15) is 43.0 Å². The highest BCUT2D eigenvalue weighted by Crippen LogP contribution is 2.38. The second-order valence-electron chi connectivity index (χ2n) is 10.4. The van der Waals surface area contributed by atoms with Crippen molar-refractivity contribution in [2.75, 3.05) is 26.2 Å². The number of aromatic nitrogens is 3. The number of benzene rings is 1. The van der Waals surface area contributed by atoms with Crippen LogP contribution >= 0.6 is 0 Å². The maximum Gasteiger partial charge on any atom is 0.320 e. The first-order valence-corrected chi connectivity index (χ1v) is 13.9. The summed E-state index contributed by atoms with van der Waals surface area (Å²) in [5.41, 5.74) is 3.47. The third-order valence-corrected chi connectivity index (χ3v) is 7.76. The summed E-state index contributed by atoms with van der Waals surface area (Å²) in [4.78, 5) is 47.5. The van der Waals surface area contributed by atoms with Gasteiger partial charge in [-0.05, 0) is 56.0 Å². The van der Waals surface area contributed by atoms with Crippen molar-refractivity contribution in [1.82, 2.24) is 29.1 Å². The molecule has 212 valence electrons. The number of urea groups is 1. The quantitative estimate of drug-likeness (QED) is 0.366. The number of aliphatic hydroxyl groups excluding tert-OH is 1. The van der Waals surface area contributed by atoms with E-state index in [2.05, 4.69) is 10.3 Å². The molecule has 4 aromatic rings. The van der Waals surface area contributed by atoms with E-state index in [1.807, 2.05) is 27.7 Å². The maximum absolute atomic E-state index is 15.0. The molecule has 0 bridgehead atoms. The molecule has 0 radical (unpaired) electrons. The first-order chi connectivity index (χ1) is 19.9. The number of hydrogen-bond acceptors (Lipinski definition) is 5. The number of pyridine rings is 1. The van der Waals surface area contributed by atoms with Crippen LogP contribution < -0.4 is 5.32 Å². The Morgan fingerprint density at radius 3 is 2.56 bits per heavy atom. The Morgan fingerprint density at radius 2 is 1.78 bits per heavy atom. The number of imide groups is 1. The number of halogens is 1. The molecule has 1 saturated heterocycles. The number of carbonyl (C=O) groups excluding carboxylic acids is 3. The number of nitrogens with one attached hydrogen (secondary N) is 1. The van der Waals surface area contributed by atoms with Crippen LogP contribution in [0.3, 0.4) is 0 Å². The zero-order valence-corrected chi connectivity index (χ0v) is 22.8. The Labute approximate surface area is 235 Å². The Kier molecular flexibility index (Phi) is 7.04. The lowest BCUT2D eigenvalue weighted by atomic mass is 9.98. The van der Waals surface area contributed by atoms with E-state index in [0.717, 1.165) is 37.9 Å². The van der Waals surface area contributed by atoms with Crippen LogP contribution in [-0.2, 0) is 22.7 Å². The molecule has 4 amide bonds. The lowest BCUT2D eigenvalue weighted by molar-refractivity contribution is -0.122. The highest BCUT2D eigenvalue weighted by atomic mass is 19.1. The Bertz CT molecular complexity index is 1710. The van der Waals surface area contributed by atoms with Gasteiger partial charge in [-0.3, -0.25) is 19.3 Å². The van der Waals surface area contributed by atoms with E-state index >= 15 is 4.39 Å². The number of carbonyl (C=O) groups is 3. The monoisotopic (exact) mass is 558 g/mol. The predicted octanol–water partition coefficient (Wildman–Crippen LogP) is 3.42. The van der Waals surface area contributed by atoms with Gasteiger partial charge in [0.15, 0.2) is 0 Å². The van der Waals surface area contributed by atoms with Crippen molar-refractivity contribution < 1.29 is 23.9 Å². The van der Waals surface area contributed by atoms with Crippen LogP contribution in [0.5, 0.6) is 0 Å². The largest absolute Gasteiger partial charge is 0.397 e. The second kappa shape index (κ2) is 10.8. The molecule has 0 spiro atoms. The van der Waals surface area contributed by atoms with Gasteiger partial charge in [0.1, 0.15) is 11.5 Å². The summed E-state index contributed by atoms with van der Waals surface area (Å²) in [5, 5.41) is 10.5. The molecule has 7 rings (SSSR count). The van der Waals surface area contributed by atoms with Gasteiger partial charge in [-0.1, -0.05) is 6.07 Å². The number of amides is 4. The van der Waals surface area contributed by atoms with Crippen molar-refractivity contribution in [3.8, 4) is 0 Å². The molecular formula is C30H31FN6O4. The zero-order chi connectivity index (χ0) is 28.7. The molecule has 6 heterocycles. The predicted molar refractivity (Wildman–Crippen MR) is 151 cm³/mol. The highest BCUT2D eigenvalue weighted by Gasteiger charge is 2.36. The van der Waals surface area contributed by atoms with Gasteiger partial charge in [0.05, 0.1) is 28.6 Å². The van der Waals surface area contributed by atoms with Crippen molar-refractivity contribution in [1.29, 1.82) is 0 Å². The number of hydrogen-bond donors (Lipinski definition) is 2. The summed E-state index contributed by atoms with van der Waals surface area (Å²) in [6.07, 6.45) is 8.29. The van der Waals surface area contributed by atoms with Gasteiger partial charge >= 0.3 is 6.03 Å². The molecule has 11 heteroatoms. The average molecular weight is 559 g/mol. The third kappa shape index (κ3) is 4.65. The van der Waals surface area contributed by atoms with Gasteiger partial charge in [-0.2, -0.15) is 0 Å². The first-order valence-electron chi connectivity index (χ1n) is 13.9. The van der Waals surface area contributed by atoms with E-state index in [9.17, 15) is 14.4 Å². The van der Waals surface area contributed by atoms with E-state index in [4.69, 9.17) is 5.11 Å². The van der Waals surface area contributed by atoms with Gasteiger partial charge in [0.25, 0.3) is 11.8 Å². The molecule has 0 atom stereocenters. The molecule has 2 N–H and O–H groups in total. The van der Waals surface area contributed by atoms with Crippen LogP contribution in [0.15, 0.2) is 48.9 Å². The molecule has 3 aliphatic heterocycles. The van der Waals surface area contributed by atoms with Crippen molar-refractivity contribution in [3.05, 3.63) is 71.6 Å². The normalized spacial score (nSPS) is 17.1. The lowest BCUT2D eigenvalue weighted by Gasteiger charge is -2.32. The number of aliphatic hydroxyl groups is 1. The summed E-state index contributed by atoms with van der Waals surface area (Å²) in [6, 6.07) is 8.33. The highest BCUT2D eigenvalue weighted by molar-refractivity contribution is 6.49. The summed E-state index contributed by atoms with van der Waals surface area (Å²) < 4.78 is 18.8. The maximum atomic E-state index is 15.0. The standard InChI is InChI=1S/C28H25FN6O3.C2H6O/c29-18-12-17-15-34(28(38)32-7-3-1-4-8-32)11-10-33-16-20(19(13-18)25(17)33)23-24(27(37)31-26(23)36)21-14-30-22-6-2-5-9-35(21)22;1-2-3/h2,5-6,9,12-14,16H,1,3-4,7-8,10-11,15H2,(H,31,36,37);3H,2H2,1H3. The summed E-state index contributed by atoms with van der Waals surface area (Å²) >= 11 is 0. The molecule has 1 aromatic carbocycles. The Morgan fingerprint density at radius 1 is 1.02 bits per heavy atom. The molecule has 10 nitrogen and oxygen atoms in total. The van der Waals surface area contributed by atoms with Gasteiger partial charge in [0.2, 0.25) is 0 Å². The van der Waals surface area contributed by atoms with Crippen LogP contribution in [0.4, 0.5) is 9.18 Å². The van der Waals surface area contributed by atoms with Crippen LogP contribution in [0.2, 0.25) is 0 Å². The van der Waals surface area contributed by atoms with Crippen molar-refractivity contribution in [3.63, 3.8) is 0 Å². The van der Waals surface area contributed by atoms with E-state index in [1.54, 1.807) is 34.8 Å². The minimum Gasteiger partial charge on any atom is -0.397 e. The van der Waals surface area contributed by atoms with Crippen molar-refractivity contribution >= 4 is 45.5 Å². The summed E-state index contributed by atoms with van der Waals surface area (Å²) in [5.74, 6) is -1.50. The van der Waals surface area contributed by atoms with Crippen molar-refractivity contribution in [2.45, 2.75) is 39.3 Å². The topological polar surface area (TPSA) is 112 Å². The Hall–Kier alpha value is -4.51. The van der Waals surface area contributed by atoms with E-state index < -0.39 is 17.6 Å². The third-order valence-electron chi connectivity index (χ3n) is 7.76. The van der Waals surface area contributed by atoms with Crippen LogP contribution in [-0.4, -0.2) is 72.9 Å². The number of imidazole rings is 1. The fourth-order valence-electron chi connectivity index (χ4n) is 6.02. The van der Waals surface area contributed by atoms with E-state index in [0.29, 0.717) is 40.9 Å². The van der Waals surface area contributed by atoms with E-state index in [-0.39, 0.29) is 30.3 Å². The van der Waals surface area contributed by atoms with Gasteiger partial charge in [0, 0.05) is 62.7 Å².